The molecule has 0 bridgehead atoms. The summed E-state index contributed by atoms with van der Waals surface area (Å²) in [6.45, 7) is 1.59. The Morgan fingerprint density at radius 1 is 1.05 bits per heavy atom. The van der Waals surface area contributed by atoms with Gasteiger partial charge in [-0.15, -0.1) is 0 Å². The highest BCUT2D eigenvalue weighted by molar-refractivity contribution is 6.31. The molecular weight excluding hydrogens is 308 g/mol. The van der Waals surface area contributed by atoms with E-state index in [0.29, 0.717) is 38.1 Å². The predicted molar refractivity (Wildman–Crippen MR) is 82.8 cm³/mol. The lowest BCUT2D eigenvalue weighted by molar-refractivity contribution is 0.401. The molecule has 2 aromatic carbocycles. The molecule has 2 aromatic heterocycles. The SMILES string of the molecule is Cc1c(O)c(O)cc2c1oc1c3cc(Cl)ccc3oc(=O)c21. The van der Waals surface area contributed by atoms with Crippen LogP contribution in [0.5, 0.6) is 11.5 Å². The van der Waals surface area contributed by atoms with Crippen LogP contribution in [0.3, 0.4) is 0 Å². The Balaban J connectivity index is 2.36. The summed E-state index contributed by atoms with van der Waals surface area (Å²) in [7, 11) is 0. The molecule has 4 rings (SSSR count). The van der Waals surface area contributed by atoms with Crippen molar-refractivity contribution in [2.24, 2.45) is 0 Å². The number of phenolic OH excluding ortho intramolecular Hbond substituents is 2. The Bertz CT molecular complexity index is 1140. The van der Waals surface area contributed by atoms with Gasteiger partial charge in [-0.05, 0) is 31.2 Å². The zero-order valence-electron chi connectivity index (χ0n) is 11.3. The average Bonchev–Trinajstić information content (AvgIpc) is 2.86. The molecule has 0 atom stereocenters. The quantitative estimate of drug-likeness (QED) is 0.377. The minimum Gasteiger partial charge on any atom is -0.504 e. The molecule has 6 heteroatoms. The van der Waals surface area contributed by atoms with Crippen molar-refractivity contribution in [3.63, 3.8) is 0 Å². The van der Waals surface area contributed by atoms with Crippen LogP contribution in [-0.2, 0) is 0 Å². The number of halogens is 1. The van der Waals surface area contributed by atoms with Crippen LogP contribution in [0.15, 0.2) is 37.9 Å². The third kappa shape index (κ3) is 1.57. The summed E-state index contributed by atoms with van der Waals surface area (Å²) in [5.74, 6) is -0.600. The minimum atomic E-state index is -0.576. The summed E-state index contributed by atoms with van der Waals surface area (Å²) in [6.07, 6.45) is 0. The van der Waals surface area contributed by atoms with Crippen LogP contribution in [-0.4, -0.2) is 10.2 Å². The summed E-state index contributed by atoms with van der Waals surface area (Å²) in [5, 5.41) is 21.2. The number of hydrogen-bond acceptors (Lipinski definition) is 5. The van der Waals surface area contributed by atoms with E-state index in [1.807, 2.05) is 0 Å². The highest BCUT2D eigenvalue weighted by Gasteiger charge is 2.20. The number of fused-ring (bicyclic) bond motifs is 5. The molecule has 4 aromatic rings. The van der Waals surface area contributed by atoms with Crippen LogP contribution >= 0.6 is 11.6 Å². The topological polar surface area (TPSA) is 83.8 Å². The number of benzene rings is 2. The Morgan fingerprint density at radius 2 is 1.82 bits per heavy atom. The molecule has 5 nitrogen and oxygen atoms in total. The molecule has 2 heterocycles. The summed E-state index contributed by atoms with van der Waals surface area (Å²) in [5.41, 5.74) is 0.766. The van der Waals surface area contributed by atoms with E-state index in [9.17, 15) is 15.0 Å². The van der Waals surface area contributed by atoms with Gasteiger partial charge in [0.05, 0.1) is 5.39 Å². The first-order chi connectivity index (χ1) is 10.5. The highest BCUT2D eigenvalue weighted by atomic mass is 35.5. The van der Waals surface area contributed by atoms with Gasteiger partial charge in [0.1, 0.15) is 16.6 Å². The van der Waals surface area contributed by atoms with Crippen molar-refractivity contribution in [1.29, 1.82) is 0 Å². The van der Waals surface area contributed by atoms with Crippen molar-refractivity contribution in [2.45, 2.75) is 6.92 Å². The van der Waals surface area contributed by atoms with E-state index < -0.39 is 5.63 Å². The predicted octanol–water partition coefficient (Wildman–Crippen LogP) is 4.07. The van der Waals surface area contributed by atoms with Crippen molar-refractivity contribution in [1.82, 2.24) is 0 Å². The third-order valence-corrected chi connectivity index (χ3v) is 3.99. The molecule has 110 valence electrons. The van der Waals surface area contributed by atoms with Crippen molar-refractivity contribution in [3.8, 4) is 11.5 Å². The van der Waals surface area contributed by atoms with Gasteiger partial charge in [-0.25, -0.2) is 4.79 Å². The summed E-state index contributed by atoms with van der Waals surface area (Å²) >= 11 is 6.00. The molecule has 0 saturated heterocycles. The first kappa shape index (κ1) is 13.0. The van der Waals surface area contributed by atoms with Crippen molar-refractivity contribution >= 4 is 44.5 Å². The van der Waals surface area contributed by atoms with Crippen LogP contribution in [0, 0.1) is 6.92 Å². The summed E-state index contributed by atoms with van der Waals surface area (Å²) in [6, 6.07) is 6.13. The molecular formula is C16H9ClO5. The van der Waals surface area contributed by atoms with Gasteiger partial charge >= 0.3 is 5.63 Å². The van der Waals surface area contributed by atoms with Crippen LogP contribution in [0.4, 0.5) is 0 Å². The third-order valence-electron chi connectivity index (χ3n) is 3.76. The molecule has 22 heavy (non-hydrogen) atoms. The molecule has 0 amide bonds. The maximum Gasteiger partial charge on any atom is 0.348 e. The molecule has 0 aliphatic carbocycles. The zero-order valence-corrected chi connectivity index (χ0v) is 12.1. The van der Waals surface area contributed by atoms with Gasteiger partial charge in [0.25, 0.3) is 0 Å². The van der Waals surface area contributed by atoms with E-state index in [-0.39, 0.29) is 16.9 Å². The van der Waals surface area contributed by atoms with Crippen molar-refractivity contribution in [3.05, 3.63) is 45.3 Å². The molecule has 0 fully saturated rings. The van der Waals surface area contributed by atoms with Crippen LogP contribution in [0.25, 0.3) is 32.9 Å². The van der Waals surface area contributed by atoms with E-state index >= 15 is 0 Å². The Kier molecular flexibility index (Phi) is 2.47. The number of furan rings is 1. The number of rotatable bonds is 0. The fourth-order valence-corrected chi connectivity index (χ4v) is 2.85. The van der Waals surface area contributed by atoms with E-state index in [4.69, 9.17) is 20.4 Å². The van der Waals surface area contributed by atoms with Gasteiger partial charge in [0.15, 0.2) is 17.1 Å². The van der Waals surface area contributed by atoms with Gasteiger partial charge in [-0.1, -0.05) is 11.6 Å². The van der Waals surface area contributed by atoms with Crippen molar-refractivity contribution < 1.29 is 19.0 Å². The second kappa shape index (κ2) is 4.18. The Morgan fingerprint density at radius 3 is 2.59 bits per heavy atom. The number of phenols is 2. The van der Waals surface area contributed by atoms with Crippen LogP contribution in [0.2, 0.25) is 5.02 Å². The lowest BCUT2D eigenvalue weighted by Gasteiger charge is -2.01. The first-order valence-corrected chi connectivity index (χ1v) is 6.85. The summed E-state index contributed by atoms with van der Waals surface area (Å²) < 4.78 is 11.1. The lowest BCUT2D eigenvalue weighted by atomic mass is 10.1. The molecule has 0 aliphatic rings. The van der Waals surface area contributed by atoms with E-state index in [0.717, 1.165) is 0 Å². The Hall–Kier alpha value is -2.66. The van der Waals surface area contributed by atoms with E-state index in [1.165, 1.54) is 6.07 Å². The fourth-order valence-electron chi connectivity index (χ4n) is 2.68. The smallest absolute Gasteiger partial charge is 0.348 e. The molecule has 0 saturated carbocycles. The van der Waals surface area contributed by atoms with Crippen LogP contribution in [0.1, 0.15) is 5.56 Å². The van der Waals surface area contributed by atoms with Crippen LogP contribution < -0.4 is 5.63 Å². The van der Waals surface area contributed by atoms with E-state index in [1.54, 1.807) is 25.1 Å². The molecule has 0 radical (unpaired) electrons. The van der Waals surface area contributed by atoms with Gasteiger partial charge in [-0.3, -0.25) is 0 Å². The summed E-state index contributed by atoms with van der Waals surface area (Å²) in [4.78, 5) is 12.3. The second-order valence-corrected chi connectivity index (χ2v) is 5.52. The minimum absolute atomic E-state index is 0.211. The Labute approximate surface area is 127 Å². The molecule has 0 aliphatic heterocycles. The maximum atomic E-state index is 12.3. The standard InChI is InChI=1S/C16H9ClO5/c1-6-13(19)10(18)5-9-12-15(22-14(6)9)8-4-7(17)2-3-11(8)21-16(12)20/h2-5,18-19H,1H3. The number of aromatic hydroxyl groups is 2. The number of hydrogen-bond donors (Lipinski definition) is 2. The van der Waals surface area contributed by atoms with Gasteiger partial charge in [0.2, 0.25) is 0 Å². The largest absolute Gasteiger partial charge is 0.504 e. The normalized spacial score (nSPS) is 11.7. The monoisotopic (exact) mass is 316 g/mol. The van der Waals surface area contributed by atoms with Crippen molar-refractivity contribution in [2.75, 3.05) is 0 Å². The first-order valence-electron chi connectivity index (χ1n) is 6.47. The second-order valence-electron chi connectivity index (χ2n) is 5.08. The van der Waals surface area contributed by atoms with Gasteiger partial charge in [-0.2, -0.15) is 0 Å². The number of aryl methyl sites for hydroxylation is 1. The fraction of sp³-hybridized carbons (Fsp3) is 0.0625. The molecule has 0 unspecified atom stereocenters. The average molecular weight is 317 g/mol. The zero-order chi connectivity index (χ0) is 15.6. The van der Waals surface area contributed by atoms with Gasteiger partial charge in [0, 0.05) is 16.0 Å². The lowest BCUT2D eigenvalue weighted by Crippen LogP contribution is -1.98. The van der Waals surface area contributed by atoms with Gasteiger partial charge < -0.3 is 19.0 Å². The molecule has 0 spiro atoms. The maximum absolute atomic E-state index is 12.3. The molecule has 2 N–H and O–H groups in total. The highest BCUT2D eigenvalue weighted by Crippen LogP contribution is 2.40. The van der Waals surface area contributed by atoms with E-state index in [2.05, 4.69) is 0 Å².